The van der Waals surface area contributed by atoms with Crippen LogP contribution in [0, 0.1) is 0 Å². The minimum Gasteiger partial charge on any atom is -0.508 e. The fourth-order valence-electron chi connectivity index (χ4n) is 5.07. The first-order chi connectivity index (χ1) is 17.6. The highest BCUT2D eigenvalue weighted by Gasteiger charge is 2.32. The van der Waals surface area contributed by atoms with Crippen LogP contribution in [0.25, 0.3) is 22.0 Å². The van der Waals surface area contributed by atoms with Crippen molar-refractivity contribution in [2.75, 3.05) is 21.0 Å². The van der Waals surface area contributed by atoms with E-state index in [0.717, 1.165) is 46.3 Å². The van der Waals surface area contributed by atoms with Gasteiger partial charge in [-0.2, -0.15) is 4.57 Å². The summed E-state index contributed by atoms with van der Waals surface area (Å²) in [5.74, 6) is 2.65. The summed E-state index contributed by atoms with van der Waals surface area (Å²) in [5.41, 5.74) is 4.67. The van der Waals surface area contributed by atoms with Crippen LogP contribution in [0.15, 0.2) is 54.7 Å². The molecule has 0 radical (unpaired) electrons. The molecule has 0 aliphatic carbocycles. The molecule has 2 aliphatic rings. The number of methoxy groups -OCH3 is 2. The molecule has 0 spiro atoms. The van der Waals surface area contributed by atoms with Gasteiger partial charge < -0.3 is 29.4 Å². The number of nitrogens with zero attached hydrogens (tertiary/aromatic N) is 1. The Hall–Kier alpha value is -4.46. The van der Waals surface area contributed by atoms with Crippen molar-refractivity contribution in [3.63, 3.8) is 0 Å². The van der Waals surface area contributed by atoms with Gasteiger partial charge in [-0.25, -0.2) is 0 Å². The number of rotatable bonds is 5. The molecule has 6 rings (SSSR count). The summed E-state index contributed by atoms with van der Waals surface area (Å²) in [4.78, 5) is 13.0. The van der Waals surface area contributed by atoms with Crippen LogP contribution >= 0.6 is 0 Å². The van der Waals surface area contributed by atoms with Crippen LogP contribution in [0.2, 0.25) is 0 Å². The topological polar surface area (TPSA) is 90.1 Å². The van der Waals surface area contributed by atoms with Crippen LogP contribution in [0.5, 0.6) is 28.7 Å². The van der Waals surface area contributed by atoms with E-state index in [2.05, 4.69) is 22.1 Å². The third-order valence-electron chi connectivity index (χ3n) is 6.80. The number of benzene rings is 3. The molecule has 0 unspecified atom stereocenters. The monoisotopic (exact) mass is 485 g/mol. The molecule has 0 bridgehead atoms. The molecule has 8 nitrogen and oxygen atoms in total. The summed E-state index contributed by atoms with van der Waals surface area (Å²) >= 11 is 0. The smallest absolute Gasteiger partial charge is 0.251 e. The van der Waals surface area contributed by atoms with Crippen molar-refractivity contribution < 1.29 is 33.4 Å². The number of aromatic nitrogens is 1. The van der Waals surface area contributed by atoms with E-state index in [9.17, 15) is 9.90 Å². The highest BCUT2D eigenvalue weighted by molar-refractivity contribution is 5.97. The number of carbonyl (C=O) groups excluding carboxylic acids is 1. The third-order valence-corrected chi connectivity index (χ3v) is 6.80. The van der Waals surface area contributed by atoms with E-state index in [0.29, 0.717) is 22.8 Å². The first-order valence-corrected chi connectivity index (χ1v) is 11.7. The van der Waals surface area contributed by atoms with Crippen LogP contribution in [-0.2, 0) is 19.5 Å². The molecule has 0 saturated carbocycles. The number of phenolic OH excluding ortho intramolecular Hbond substituents is 1. The van der Waals surface area contributed by atoms with Crippen LogP contribution in [0.3, 0.4) is 0 Å². The van der Waals surface area contributed by atoms with Crippen LogP contribution < -0.4 is 28.8 Å². The van der Waals surface area contributed by atoms with Gasteiger partial charge in [-0.05, 0) is 54.1 Å². The van der Waals surface area contributed by atoms with Gasteiger partial charge in [0.2, 0.25) is 12.5 Å². The quantitative estimate of drug-likeness (QED) is 0.419. The average molecular weight is 486 g/mol. The van der Waals surface area contributed by atoms with Gasteiger partial charge in [0.15, 0.2) is 35.7 Å². The second-order valence-corrected chi connectivity index (χ2v) is 8.75. The number of ether oxygens (including phenoxy) is 4. The highest BCUT2D eigenvalue weighted by Crippen LogP contribution is 2.43. The molecule has 1 amide bonds. The van der Waals surface area contributed by atoms with Crippen LogP contribution in [-0.4, -0.2) is 32.0 Å². The highest BCUT2D eigenvalue weighted by atomic mass is 16.7. The van der Waals surface area contributed by atoms with E-state index < -0.39 is 0 Å². The molecule has 0 fully saturated rings. The molecule has 2 aliphatic heterocycles. The normalized spacial score (nSPS) is 13.2. The molecular formula is C28H25N2O6+. The summed E-state index contributed by atoms with van der Waals surface area (Å²) in [6, 6.07) is 14.2. The first kappa shape index (κ1) is 22.0. The molecule has 2 N–H and O–H groups in total. The van der Waals surface area contributed by atoms with Gasteiger partial charge in [0.05, 0.1) is 37.3 Å². The lowest BCUT2D eigenvalue weighted by atomic mass is 9.91. The predicted molar refractivity (Wildman–Crippen MR) is 132 cm³/mol. The molecule has 182 valence electrons. The largest absolute Gasteiger partial charge is 0.508 e. The molecule has 36 heavy (non-hydrogen) atoms. The van der Waals surface area contributed by atoms with E-state index >= 15 is 0 Å². The molecule has 0 saturated heterocycles. The van der Waals surface area contributed by atoms with Gasteiger partial charge in [0, 0.05) is 17.4 Å². The maximum atomic E-state index is 13.0. The molecule has 0 atom stereocenters. The summed E-state index contributed by atoms with van der Waals surface area (Å²) in [5, 5.41) is 14.5. The van der Waals surface area contributed by atoms with Crippen molar-refractivity contribution >= 4 is 16.7 Å². The van der Waals surface area contributed by atoms with Crippen molar-refractivity contribution in [2.24, 2.45) is 0 Å². The maximum Gasteiger partial charge on any atom is 0.251 e. The summed E-state index contributed by atoms with van der Waals surface area (Å²) in [7, 11) is 3.25. The fraction of sp³-hybridized carbons (Fsp3) is 0.214. The van der Waals surface area contributed by atoms with Gasteiger partial charge in [0.1, 0.15) is 5.75 Å². The standard InChI is InChI=1S/C28H24N2O6/c1-33-23-8-7-19-21(13-29-28(32)16-3-5-18(31)6-4-16)26-20-12-25-24(35-15-36-25)11-17(20)9-10-30(26)14-22(19)27(23)34-2/h3-8,11-12,14H,9-10,13,15H2,1-2H3,(H-,29,31,32)/p+1. The minimum absolute atomic E-state index is 0.113. The number of fused-ring (bicyclic) bond motifs is 5. The number of phenols is 1. The lowest BCUT2D eigenvalue weighted by Crippen LogP contribution is -2.42. The Morgan fingerprint density at radius 3 is 2.56 bits per heavy atom. The number of hydrogen-bond acceptors (Lipinski definition) is 6. The van der Waals surface area contributed by atoms with Crippen molar-refractivity contribution in [1.82, 2.24) is 5.32 Å². The molecular weight excluding hydrogens is 460 g/mol. The van der Waals surface area contributed by atoms with Crippen molar-refractivity contribution in [3.8, 4) is 40.0 Å². The average Bonchev–Trinajstić information content (AvgIpc) is 3.36. The minimum atomic E-state index is -0.229. The third kappa shape index (κ3) is 3.53. The van der Waals surface area contributed by atoms with Crippen LogP contribution in [0.1, 0.15) is 21.5 Å². The summed E-state index contributed by atoms with van der Waals surface area (Å²) < 4.78 is 24.8. The van der Waals surface area contributed by atoms with Gasteiger partial charge >= 0.3 is 0 Å². The Kier molecular flexibility index (Phi) is 5.29. The zero-order valence-corrected chi connectivity index (χ0v) is 20.0. The Bertz CT molecular complexity index is 1510. The van der Waals surface area contributed by atoms with Gasteiger partial charge in [-0.3, -0.25) is 4.79 Å². The first-order valence-electron chi connectivity index (χ1n) is 11.7. The second-order valence-electron chi connectivity index (χ2n) is 8.75. The van der Waals surface area contributed by atoms with Gasteiger partial charge in [-0.1, -0.05) is 0 Å². The molecule has 8 heteroatoms. The van der Waals surface area contributed by atoms with E-state index in [1.807, 2.05) is 18.2 Å². The Labute approximate surface area is 207 Å². The number of aryl methyl sites for hydroxylation is 2. The van der Waals surface area contributed by atoms with E-state index in [1.54, 1.807) is 26.4 Å². The fourth-order valence-corrected chi connectivity index (χ4v) is 5.07. The van der Waals surface area contributed by atoms with Gasteiger partial charge in [0.25, 0.3) is 5.91 Å². The number of hydrogen-bond donors (Lipinski definition) is 2. The van der Waals surface area contributed by atoms with Gasteiger partial charge in [-0.15, -0.1) is 0 Å². The Morgan fingerprint density at radius 1 is 1.03 bits per heavy atom. The number of pyridine rings is 1. The second kappa shape index (κ2) is 8.64. The van der Waals surface area contributed by atoms with E-state index in [-0.39, 0.29) is 25.0 Å². The summed E-state index contributed by atoms with van der Waals surface area (Å²) in [6.45, 7) is 1.26. The molecule has 3 aromatic carbocycles. The van der Waals surface area contributed by atoms with Crippen molar-refractivity contribution in [2.45, 2.75) is 19.5 Å². The Balaban J connectivity index is 1.52. The van der Waals surface area contributed by atoms with Crippen LogP contribution in [0.4, 0.5) is 0 Å². The molecule has 4 aromatic rings. The number of aromatic hydroxyl groups is 1. The van der Waals surface area contributed by atoms with Crippen molar-refractivity contribution in [1.29, 1.82) is 0 Å². The zero-order chi connectivity index (χ0) is 24.8. The SMILES string of the molecule is COc1ccc2c(CNC(=O)c3ccc(O)cc3)c3[n+](cc2c1OC)CCc1cc2c(cc1-3)OCO2. The predicted octanol–water partition coefficient (Wildman–Crippen LogP) is 3.73. The molecule has 3 heterocycles. The lowest BCUT2D eigenvalue weighted by Gasteiger charge is -2.21. The number of amides is 1. The number of carbonyl (C=O) groups is 1. The maximum absolute atomic E-state index is 13.0. The lowest BCUT2D eigenvalue weighted by molar-refractivity contribution is -0.686. The zero-order valence-electron chi connectivity index (χ0n) is 20.0. The molecule has 1 aromatic heterocycles. The van der Waals surface area contributed by atoms with Crippen molar-refractivity contribution in [3.05, 3.63) is 71.4 Å². The van der Waals surface area contributed by atoms with E-state index in [1.165, 1.54) is 17.7 Å². The summed E-state index contributed by atoms with van der Waals surface area (Å²) in [6.07, 6.45) is 2.92. The number of nitrogens with one attached hydrogen (secondary N) is 1. The Morgan fingerprint density at radius 2 is 1.81 bits per heavy atom. The van der Waals surface area contributed by atoms with E-state index in [4.69, 9.17) is 18.9 Å².